The standard InChI is InChI=1S/C9H14N4O3/c1-6(2)3-8(14)10-7-4-13(12-11-7)5-9(15)16/h4,6H,3,5H2,1-2H3,(H,10,14)(H,15,16). The number of carboxylic acid groups (broad SMARTS) is 1. The largest absolute Gasteiger partial charge is 0.480 e. The van der Waals surface area contributed by atoms with Crippen LogP contribution in [0.2, 0.25) is 0 Å². The third kappa shape index (κ3) is 4.07. The Morgan fingerprint density at radius 2 is 2.25 bits per heavy atom. The molecule has 0 saturated heterocycles. The van der Waals surface area contributed by atoms with Gasteiger partial charge in [-0.05, 0) is 5.92 Å². The molecule has 0 fully saturated rings. The second-order valence-electron chi connectivity index (χ2n) is 3.84. The van der Waals surface area contributed by atoms with E-state index < -0.39 is 5.97 Å². The minimum atomic E-state index is -1.01. The maximum absolute atomic E-state index is 11.3. The van der Waals surface area contributed by atoms with E-state index in [1.807, 2.05) is 13.8 Å². The van der Waals surface area contributed by atoms with E-state index in [0.717, 1.165) is 4.68 Å². The molecule has 0 bridgehead atoms. The third-order valence-corrected chi connectivity index (χ3v) is 1.70. The maximum Gasteiger partial charge on any atom is 0.325 e. The zero-order chi connectivity index (χ0) is 12.1. The molecule has 0 aliphatic carbocycles. The number of aromatic nitrogens is 3. The highest BCUT2D eigenvalue weighted by Gasteiger charge is 2.08. The Balaban J connectivity index is 2.51. The number of carboxylic acids is 1. The molecule has 1 amide bonds. The molecule has 0 radical (unpaired) electrons. The van der Waals surface area contributed by atoms with Crippen LogP contribution in [0, 0.1) is 5.92 Å². The predicted molar refractivity (Wildman–Crippen MR) is 55.7 cm³/mol. The molecular weight excluding hydrogens is 212 g/mol. The molecule has 1 aromatic rings. The van der Waals surface area contributed by atoms with Crippen LogP contribution in [-0.4, -0.2) is 32.0 Å². The molecule has 0 aliphatic heterocycles. The van der Waals surface area contributed by atoms with E-state index in [4.69, 9.17) is 5.11 Å². The van der Waals surface area contributed by atoms with Gasteiger partial charge < -0.3 is 10.4 Å². The molecule has 0 unspecified atom stereocenters. The van der Waals surface area contributed by atoms with Crippen LogP contribution < -0.4 is 5.32 Å². The lowest BCUT2D eigenvalue weighted by molar-refractivity contribution is -0.137. The van der Waals surface area contributed by atoms with Crippen molar-refractivity contribution in [1.29, 1.82) is 0 Å². The molecule has 88 valence electrons. The highest BCUT2D eigenvalue weighted by Crippen LogP contribution is 2.04. The molecule has 1 heterocycles. The van der Waals surface area contributed by atoms with Gasteiger partial charge in [-0.2, -0.15) is 0 Å². The van der Waals surface area contributed by atoms with E-state index in [-0.39, 0.29) is 24.2 Å². The lowest BCUT2D eigenvalue weighted by Crippen LogP contribution is -2.14. The van der Waals surface area contributed by atoms with Crippen molar-refractivity contribution in [2.24, 2.45) is 5.92 Å². The second kappa shape index (κ2) is 5.24. The fourth-order valence-electron chi connectivity index (χ4n) is 1.14. The van der Waals surface area contributed by atoms with Crippen molar-refractivity contribution in [2.75, 3.05) is 5.32 Å². The number of nitrogens with zero attached hydrogens (tertiary/aromatic N) is 3. The normalized spacial score (nSPS) is 10.4. The fraction of sp³-hybridized carbons (Fsp3) is 0.556. The summed E-state index contributed by atoms with van der Waals surface area (Å²) < 4.78 is 1.15. The van der Waals surface area contributed by atoms with Gasteiger partial charge in [0.2, 0.25) is 5.91 Å². The quantitative estimate of drug-likeness (QED) is 0.754. The summed E-state index contributed by atoms with van der Waals surface area (Å²) in [6.45, 7) is 3.59. The molecular formula is C9H14N4O3. The number of nitrogens with one attached hydrogen (secondary N) is 1. The van der Waals surface area contributed by atoms with Crippen LogP contribution in [-0.2, 0) is 16.1 Å². The number of anilines is 1. The van der Waals surface area contributed by atoms with E-state index in [1.165, 1.54) is 6.20 Å². The number of hydrogen-bond donors (Lipinski definition) is 2. The molecule has 16 heavy (non-hydrogen) atoms. The summed E-state index contributed by atoms with van der Waals surface area (Å²) >= 11 is 0. The Labute approximate surface area is 92.4 Å². The third-order valence-electron chi connectivity index (χ3n) is 1.70. The van der Waals surface area contributed by atoms with Crippen LogP contribution in [0.1, 0.15) is 20.3 Å². The topological polar surface area (TPSA) is 97.1 Å². The summed E-state index contributed by atoms with van der Waals surface area (Å²) in [5, 5.41) is 18.2. The molecule has 0 saturated carbocycles. The van der Waals surface area contributed by atoms with E-state index in [1.54, 1.807) is 0 Å². The summed E-state index contributed by atoms with van der Waals surface area (Å²) in [5.41, 5.74) is 0. The van der Waals surface area contributed by atoms with Crippen molar-refractivity contribution < 1.29 is 14.7 Å². The van der Waals surface area contributed by atoms with Gasteiger partial charge >= 0.3 is 5.97 Å². The number of rotatable bonds is 5. The van der Waals surface area contributed by atoms with Crippen molar-refractivity contribution in [3.63, 3.8) is 0 Å². The average Bonchev–Trinajstić information content (AvgIpc) is 2.49. The maximum atomic E-state index is 11.3. The van der Waals surface area contributed by atoms with Crippen molar-refractivity contribution in [3.8, 4) is 0 Å². The summed E-state index contributed by atoms with van der Waals surface area (Å²) in [4.78, 5) is 21.7. The van der Waals surface area contributed by atoms with Gasteiger partial charge in [0.05, 0.1) is 6.20 Å². The molecule has 0 spiro atoms. The summed E-state index contributed by atoms with van der Waals surface area (Å²) in [5.74, 6) is -0.636. The van der Waals surface area contributed by atoms with Crippen LogP contribution in [0.4, 0.5) is 5.82 Å². The van der Waals surface area contributed by atoms with E-state index in [2.05, 4.69) is 15.6 Å². The molecule has 0 atom stereocenters. The molecule has 0 aliphatic rings. The van der Waals surface area contributed by atoms with Gasteiger partial charge in [0.25, 0.3) is 0 Å². The molecule has 0 aromatic carbocycles. The molecule has 7 heteroatoms. The Morgan fingerprint density at radius 1 is 1.56 bits per heavy atom. The zero-order valence-electron chi connectivity index (χ0n) is 9.17. The van der Waals surface area contributed by atoms with Crippen LogP contribution in [0.15, 0.2) is 6.20 Å². The fourth-order valence-corrected chi connectivity index (χ4v) is 1.14. The van der Waals surface area contributed by atoms with Crippen molar-refractivity contribution >= 4 is 17.7 Å². The van der Waals surface area contributed by atoms with Crippen molar-refractivity contribution in [1.82, 2.24) is 15.0 Å². The summed E-state index contributed by atoms with van der Waals surface area (Å²) in [7, 11) is 0. The number of amides is 1. The zero-order valence-corrected chi connectivity index (χ0v) is 9.17. The second-order valence-corrected chi connectivity index (χ2v) is 3.84. The minimum absolute atomic E-state index is 0.155. The van der Waals surface area contributed by atoms with Gasteiger partial charge in [-0.1, -0.05) is 19.1 Å². The van der Waals surface area contributed by atoms with Gasteiger partial charge in [-0.25, -0.2) is 4.68 Å². The lowest BCUT2D eigenvalue weighted by atomic mass is 10.1. The Bertz CT molecular complexity index is 386. The van der Waals surface area contributed by atoms with Crippen LogP contribution in [0.3, 0.4) is 0 Å². The molecule has 7 nitrogen and oxygen atoms in total. The summed E-state index contributed by atoms with van der Waals surface area (Å²) in [6, 6.07) is 0. The Morgan fingerprint density at radius 3 is 2.81 bits per heavy atom. The number of hydrogen-bond acceptors (Lipinski definition) is 4. The average molecular weight is 226 g/mol. The van der Waals surface area contributed by atoms with Crippen molar-refractivity contribution in [2.45, 2.75) is 26.8 Å². The van der Waals surface area contributed by atoms with E-state index >= 15 is 0 Å². The monoisotopic (exact) mass is 226 g/mol. The predicted octanol–water partition coefficient (Wildman–Crippen LogP) is 0.347. The van der Waals surface area contributed by atoms with E-state index in [9.17, 15) is 9.59 Å². The van der Waals surface area contributed by atoms with Crippen LogP contribution >= 0.6 is 0 Å². The Kier molecular flexibility index (Phi) is 3.98. The van der Waals surface area contributed by atoms with Crippen LogP contribution in [0.25, 0.3) is 0 Å². The SMILES string of the molecule is CC(C)CC(=O)Nc1cn(CC(=O)O)nn1. The van der Waals surface area contributed by atoms with Crippen molar-refractivity contribution in [3.05, 3.63) is 6.20 Å². The number of carbonyl (C=O) groups is 2. The highest BCUT2D eigenvalue weighted by molar-refractivity contribution is 5.89. The first kappa shape index (κ1) is 12.2. The minimum Gasteiger partial charge on any atom is -0.480 e. The number of carbonyl (C=O) groups excluding carboxylic acids is 1. The Hall–Kier alpha value is -1.92. The van der Waals surface area contributed by atoms with Gasteiger partial charge in [-0.15, -0.1) is 5.10 Å². The number of aliphatic carboxylic acids is 1. The van der Waals surface area contributed by atoms with Gasteiger partial charge in [0.15, 0.2) is 5.82 Å². The van der Waals surface area contributed by atoms with Crippen LogP contribution in [0.5, 0.6) is 0 Å². The summed E-state index contributed by atoms with van der Waals surface area (Å²) in [6.07, 6.45) is 1.78. The van der Waals surface area contributed by atoms with E-state index in [0.29, 0.717) is 6.42 Å². The lowest BCUT2D eigenvalue weighted by Gasteiger charge is -2.03. The first-order valence-electron chi connectivity index (χ1n) is 4.89. The first-order valence-corrected chi connectivity index (χ1v) is 4.89. The molecule has 1 aromatic heterocycles. The van der Waals surface area contributed by atoms with Gasteiger partial charge in [0.1, 0.15) is 6.54 Å². The molecule has 2 N–H and O–H groups in total. The van der Waals surface area contributed by atoms with Gasteiger partial charge in [0, 0.05) is 6.42 Å². The van der Waals surface area contributed by atoms with Gasteiger partial charge in [-0.3, -0.25) is 9.59 Å². The molecule has 1 rings (SSSR count). The highest BCUT2D eigenvalue weighted by atomic mass is 16.4. The smallest absolute Gasteiger partial charge is 0.325 e. The first-order chi connectivity index (χ1) is 7.47.